The highest BCUT2D eigenvalue weighted by atomic mass is 16.5. The van der Waals surface area contributed by atoms with E-state index in [1.807, 2.05) is 24.3 Å². The van der Waals surface area contributed by atoms with Crippen LogP contribution in [0.5, 0.6) is 11.5 Å². The first-order valence-electron chi connectivity index (χ1n) is 11.2. The van der Waals surface area contributed by atoms with E-state index in [0.717, 1.165) is 37.7 Å². The Kier molecular flexibility index (Phi) is 9.89. The first-order valence-corrected chi connectivity index (χ1v) is 11.2. The number of hydrogen-bond acceptors (Lipinski definition) is 3. The average Bonchev–Trinajstić information content (AvgIpc) is 2.83. The molecular weight excluding hydrogens is 384 g/mol. The number of rotatable bonds is 11. The second-order valence-corrected chi connectivity index (χ2v) is 7.10. The van der Waals surface area contributed by atoms with Crippen LogP contribution in [0.3, 0.4) is 0 Å². The fourth-order valence-electron chi connectivity index (χ4n) is 3.65. The highest BCUT2D eigenvalue weighted by molar-refractivity contribution is 6.05. The van der Waals surface area contributed by atoms with Gasteiger partial charge in [0.2, 0.25) is 5.71 Å². The van der Waals surface area contributed by atoms with Gasteiger partial charge in [-0.1, -0.05) is 6.08 Å². The minimum absolute atomic E-state index is 0.870. The van der Waals surface area contributed by atoms with Crippen LogP contribution >= 0.6 is 0 Å². The van der Waals surface area contributed by atoms with E-state index in [2.05, 4.69) is 79.7 Å². The van der Waals surface area contributed by atoms with Gasteiger partial charge in [-0.2, -0.15) is 0 Å². The predicted octanol–water partition coefficient (Wildman–Crippen LogP) is 5.48. The SMILES string of the molecule is CCN(CC)/C(=C\C=C\C(c1ccc(OC)cc1)=[N+](CC)CC)c1ccc(OC)cc1. The van der Waals surface area contributed by atoms with Crippen molar-refractivity contribution in [1.29, 1.82) is 0 Å². The second-order valence-electron chi connectivity index (χ2n) is 7.10. The van der Waals surface area contributed by atoms with Crippen LogP contribution in [0.1, 0.15) is 38.8 Å². The maximum Gasteiger partial charge on any atom is 0.207 e. The molecule has 0 N–H and O–H groups in total. The number of nitrogens with zero attached hydrogens (tertiary/aromatic N) is 2. The molecule has 0 aliphatic carbocycles. The molecule has 31 heavy (non-hydrogen) atoms. The molecule has 0 amide bonds. The first kappa shape index (κ1) is 24.3. The van der Waals surface area contributed by atoms with E-state index >= 15 is 0 Å². The van der Waals surface area contributed by atoms with Gasteiger partial charge in [0.05, 0.1) is 14.2 Å². The summed E-state index contributed by atoms with van der Waals surface area (Å²) in [6.07, 6.45) is 6.58. The third kappa shape index (κ3) is 6.48. The second kappa shape index (κ2) is 12.6. The van der Waals surface area contributed by atoms with Gasteiger partial charge in [-0.15, -0.1) is 0 Å². The van der Waals surface area contributed by atoms with Crippen LogP contribution in [0, 0.1) is 0 Å². The molecule has 2 aromatic rings. The highest BCUT2D eigenvalue weighted by Crippen LogP contribution is 2.22. The molecule has 0 bridgehead atoms. The Morgan fingerprint density at radius 3 is 1.68 bits per heavy atom. The lowest BCUT2D eigenvalue weighted by Crippen LogP contribution is -2.21. The molecule has 2 rings (SSSR count). The van der Waals surface area contributed by atoms with Crippen molar-refractivity contribution in [3.8, 4) is 11.5 Å². The van der Waals surface area contributed by atoms with Crippen molar-refractivity contribution in [2.24, 2.45) is 0 Å². The number of benzene rings is 2. The number of ether oxygens (including phenoxy) is 2. The summed E-state index contributed by atoms with van der Waals surface area (Å²) in [6, 6.07) is 16.5. The molecule has 0 aliphatic heterocycles. The van der Waals surface area contributed by atoms with Crippen LogP contribution < -0.4 is 9.47 Å². The van der Waals surface area contributed by atoms with Crippen LogP contribution in [0.25, 0.3) is 5.70 Å². The fourth-order valence-corrected chi connectivity index (χ4v) is 3.65. The molecular formula is C27H37N2O2+. The Hall–Kier alpha value is -3.01. The molecule has 4 nitrogen and oxygen atoms in total. The zero-order valence-corrected chi connectivity index (χ0v) is 19.9. The quantitative estimate of drug-likeness (QED) is 0.273. The standard InChI is InChI=1S/C27H37N2O2/c1-7-28(8-2)26(22-14-18-24(30-5)19-15-22)12-11-13-27(29(9-3)10-4)23-16-20-25(31-6)21-17-23/h11-21H,7-10H2,1-6H3/q+1. The average molecular weight is 422 g/mol. The first-order chi connectivity index (χ1) is 15.1. The summed E-state index contributed by atoms with van der Waals surface area (Å²) in [6.45, 7) is 12.6. The largest absolute Gasteiger partial charge is 0.497 e. The third-order valence-electron chi connectivity index (χ3n) is 5.49. The van der Waals surface area contributed by atoms with Crippen molar-refractivity contribution in [3.05, 3.63) is 77.9 Å². The molecule has 0 saturated carbocycles. The monoisotopic (exact) mass is 421 g/mol. The van der Waals surface area contributed by atoms with Crippen molar-refractivity contribution < 1.29 is 14.0 Å². The minimum Gasteiger partial charge on any atom is -0.497 e. The van der Waals surface area contributed by atoms with Crippen molar-refractivity contribution in [3.63, 3.8) is 0 Å². The molecule has 0 atom stereocenters. The molecule has 2 aromatic carbocycles. The number of methoxy groups -OCH3 is 2. The minimum atomic E-state index is 0.870. The maximum absolute atomic E-state index is 5.33. The highest BCUT2D eigenvalue weighted by Gasteiger charge is 2.12. The van der Waals surface area contributed by atoms with E-state index in [1.54, 1.807) is 14.2 Å². The Bertz CT molecular complexity index is 884. The summed E-state index contributed by atoms with van der Waals surface area (Å²) in [5.74, 6) is 1.74. The van der Waals surface area contributed by atoms with Crippen LogP contribution in [-0.2, 0) is 0 Å². The summed E-state index contributed by atoms with van der Waals surface area (Å²) < 4.78 is 13.0. The number of hydrogen-bond donors (Lipinski definition) is 0. The third-order valence-corrected chi connectivity index (χ3v) is 5.49. The zero-order chi connectivity index (χ0) is 22.6. The van der Waals surface area contributed by atoms with Crippen molar-refractivity contribution in [2.75, 3.05) is 40.4 Å². The van der Waals surface area contributed by atoms with Crippen LogP contribution in [-0.4, -0.2) is 55.6 Å². The van der Waals surface area contributed by atoms with Gasteiger partial charge in [0.1, 0.15) is 24.6 Å². The van der Waals surface area contributed by atoms with Gasteiger partial charge in [-0.25, -0.2) is 4.58 Å². The lowest BCUT2D eigenvalue weighted by atomic mass is 10.1. The van der Waals surface area contributed by atoms with Gasteiger partial charge in [-0.05, 0) is 87.9 Å². The topological polar surface area (TPSA) is 24.7 Å². The van der Waals surface area contributed by atoms with E-state index < -0.39 is 0 Å². The molecule has 166 valence electrons. The van der Waals surface area contributed by atoms with Gasteiger partial charge in [-0.3, -0.25) is 0 Å². The molecule has 0 aliphatic rings. The van der Waals surface area contributed by atoms with Crippen LogP contribution in [0.2, 0.25) is 0 Å². The van der Waals surface area contributed by atoms with Crippen molar-refractivity contribution in [2.45, 2.75) is 27.7 Å². The lowest BCUT2D eigenvalue weighted by molar-refractivity contribution is -0.519. The van der Waals surface area contributed by atoms with Gasteiger partial charge in [0.25, 0.3) is 0 Å². The summed E-state index contributed by atoms with van der Waals surface area (Å²) in [4.78, 5) is 2.37. The number of allylic oxidation sites excluding steroid dienone is 3. The maximum atomic E-state index is 5.33. The van der Waals surface area contributed by atoms with E-state index in [9.17, 15) is 0 Å². The fraction of sp³-hybridized carbons (Fsp3) is 0.370. The van der Waals surface area contributed by atoms with E-state index in [4.69, 9.17) is 9.47 Å². The summed E-state index contributed by atoms with van der Waals surface area (Å²) in [5.41, 5.74) is 4.78. The Morgan fingerprint density at radius 1 is 0.774 bits per heavy atom. The summed E-state index contributed by atoms with van der Waals surface area (Å²) in [7, 11) is 3.39. The molecule has 4 heteroatoms. The van der Waals surface area contributed by atoms with Gasteiger partial charge in [0, 0.05) is 30.4 Å². The normalized spacial score (nSPS) is 11.5. The van der Waals surface area contributed by atoms with Crippen LogP contribution in [0.4, 0.5) is 0 Å². The molecule has 0 aromatic heterocycles. The molecule has 0 spiro atoms. The van der Waals surface area contributed by atoms with Gasteiger partial charge >= 0.3 is 0 Å². The Labute approximate surface area is 188 Å². The molecule has 0 saturated heterocycles. The Morgan fingerprint density at radius 2 is 1.26 bits per heavy atom. The van der Waals surface area contributed by atoms with E-state index in [0.29, 0.717) is 0 Å². The molecule has 0 heterocycles. The van der Waals surface area contributed by atoms with Crippen molar-refractivity contribution in [1.82, 2.24) is 4.90 Å². The van der Waals surface area contributed by atoms with E-state index in [-0.39, 0.29) is 0 Å². The summed E-state index contributed by atoms with van der Waals surface area (Å²) >= 11 is 0. The van der Waals surface area contributed by atoms with E-state index in [1.165, 1.54) is 22.5 Å². The Balaban J connectivity index is 2.46. The molecule has 0 unspecified atom stereocenters. The van der Waals surface area contributed by atoms with Gasteiger partial charge in [0.15, 0.2) is 0 Å². The zero-order valence-electron chi connectivity index (χ0n) is 19.9. The van der Waals surface area contributed by atoms with Crippen LogP contribution in [0.15, 0.2) is 66.8 Å². The predicted molar refractivity (Wildman–Crippen MR) is 131 cm³/mol. The van der Waals surface area contributed by atoms with Crippen molar-refractivity contribution >= 4 is 11.4 Å². The molecule has 0 radical (unpaired) electrons. The lowest BCUT2D eigenvalue weighted by Gasteiger charge is -2.24. The summed E-state index contributed by atoms with van der Waals surface area (Å²) in [5, 5.41) is 0. The smallest absolute Gasteiger partial charge is 0.207 e. The molecule has 0 fully saturated rings. The van der Waals surface area contributed by atoms with Gasteiger partial charge < -0.3 is 14.4 Å².